The third kappa shape index (κ3) is 3.18. The quantitative estimate of drug-likeness (QED) is 0.844. The molecule has 2 aromatic carbocycles. The van der Waals surface area contributed by atoms with Crippen molar-refractivity contribution in [1.82, 2.24) is 0 Å². The van der Waals surface area contributed by atoms with Crippen LogP contribution in [0.25, 0.3) is 0 Å². The van der Waals surface area contributed by atoms with Crippen molar-refractivity contribution in [2.75, 3.05) is 10.6 Å². The molecule has 0 saturated carbocycles. The van der Waals surface area contributed by atoms with Crippen LogP contribution in [0.3, 0.4) is 0 Å². The van der Waals surface area contributed by atoms with Gasteiger partial charge in [0, 0.05) is 11.4 Å². The van der Waals surface area contributed by atoms with Gasteiger partial charge < -0.3 is 10.6 Å². The maximum Gasteiger partial charge on any atom is 0.323 e. The van der Waals surface area contributed by atoms with Crippen LogP contribution in [0, 0.1) is 13.8 Å². The molecule has 104 valence electrons. The second kappa shape index (κ2) is 6.24. The van der Waals surface area contributed by atoms with E-state index in [2.05, 4.69) is 17.6 Å². The van der Waals surface area contributed by atoms with Gasteiger partial charge in [-0.05, 0) is 49.1 Å². The van der Waals surface area contributed by atoms with Crippen molar-refractivity contribution in [2.45, 2.75) is 27.2 Å². The zero-order valence-corrected chi connectivity index (χ0v) is 12.2. The van der Waals surface area contributed by atoms with E-state index in [4.69, 9.17) is 0 Å². The van der Waals surface area contributed by atoms with Crippen LogP contribution in [0.15, 0.2) is 42.5 Å². The molecule has 0 spiro atoms. The number of para-hydroxylation sites is 1. The zero-order chi connectivity index (χ0) is 14.5. The molecule has 0 atom stereocenters. The van der Waals surface area contributed by atoms with Gasteiger partial charge >= 0.3 is 6.03 Å². The summed E-state index contributed by atoms with van der Waals surface area (Å²) in [5, 5.41) is 5.81. The van der Waals surface area contributed by atoms with Crippen molar-refractivity contribution in [3.8, 4) is 0 Å². The van der Waals surface area contributed by atoms with Crippen LogP contribution in [0.4, 0.5) is 16.2 Å². The fraction of sp³-hybridized carbons (Fsp3) is 0.235. The third-order valence-electron chi connectivity index (χ3n) is 3.50. The van der Waals surface area contributed by atoms with Crippen molar-refractivity contribution in [3.05, 3.63) is 59.2 Å². The second-order valence-corrected chi connectivity index (χ2v) is 4.84. The number of aryl methyl sites for hydroxylation is 2. The number of nitrogens with one attached hydrogen (secondary N) is 2. The number of urea groups is 1. The molecule has 20 heavy (non-hydrogen) atoms. The third-order valence-corrected chi connectivity index (χ3v) is 3.50. The van der Waals surface area contributed by atoms with Crippen LogP contribution in [-0.4, -0.2) is 6.03 Å². The van der Waals surface area contributed by atoms with Gasteiger partial charge in [-0.3, -0.25) is 0 Å². The van der Waals surface area contributed by atoms with E-state index in [1.807, 2.05) is 56.3 Å². The molecular formula is C17H20N2O. The Labute approximate surface area is 120 Å². The molecule has 0 aromatic heterocycles. The van der Waals surface area contributed by atoms with E-state index in [0.29, 0.717) is 0 Å². The fourth-order valence-corrected chi connectivity index (χ4v) is 2.11. The lowest BCUT2D eigenvalue weighted by molar-refractivity contribution is 0.262. The largest absolute Gasteiger partial charge is 0.323 e. The Balaban J connectivity index is 2.11. The Morgan fingerprint density at radius 2 is 1.60 bits per heavy atom. The van der Waals surface area contributed by atoms with E-state index in [9.17, 15) is 4.79 Å². The van der Waals surface area contributed by atoms with Gasteiger partial charge in [-0.25, -0.2) is 4.79 Å². The van der Waals surface area contributed by atoms with Gasteiger partial charge in [-0.15, -0.1) is 0 Å². The number of hydrogen-bond acceptors (Lipinski definition) is 1. The number of hydrogen-bond donors (Lipinski definition) is 2. The Bertz CT molecular complexity index is 620. The maximum atomic E-state index is 12.1. The summed E-state index contributed by atoms with van der Waals surface area (Å²) in [6.45, 7) is 6.11. The summed E-state index contributed by atoms with van der Waals surface area (Å²) in [5.74, 6) is 0. The highest BCUT2D eigenvalue weighted by molar-refractivity contribution is 6.00. The van der Waals surface area contributed by atoms with E-state index in [-0.39, 0.29) is 6.03 Å². The average Bonchev–Trinajstić information content (AvgIpc) is 2.44. The minimum Gasteiger partial charge on any atom is -0.307 e. The molecule has 0 fully saturated rings. The van der Waals surface area contributed by atoms with E-state index >= 15 is 0 Å². The summed E-state index contributed by atoms with van der Waals surface area (Å²) in [6, 6.07) is 13.5. The molecule has 0 bridgehead atoms. The summed E-state index contributed by atoms with van der Waals surface area (Å²) in [6.07, 6.45) is 0.889. The lowest BCUT2D eigenvalue weighted by Crippen LogP contribution is -2.20. The van der Waals surface area contributed by atoms with Crippen LogP contribution in [-0.2, 0) is 6.42 Å². The first kappa shape index (κ1) is 14.1. The van der Waals surface area contributed by atoms with E-state index < -0.39 is 0 Å². The number of amides is 2. The first-order chi connectivity index (χ1) is 9.61. The van der Waals surface area contributed by atoms with Crippen LogP contribution >= 0.6 is 0 Å². The summed E-state index contributed by atoms with van der Waals surface area (Å²) in [4.78, 5) is 12.1. The predicted molar refractivity (Wildman–Crippen MR) is 84.4 cm³/mol. The summed E-state index contributed by atoms with van der Waals surface area (Å²) >= 11 is 0. The van der Waals surface area contributed by atoms with Gasteiger partial charge in [0.2, 0.25) is 0 Å². The van der Waals surface area contributed by atoms with Crippen molar-refractivity contribution < 1.29 is 4.79 Å². The van der Waals surface area contributed by atoms with E-state index in [1.54, 1.807) is 0 Å². The van der Waals surface area contributed by atoms with E-state index in [0.717, 1.165) is 34.5 Å². The Kier molecular flexibility index (Phi) is 4.41. The SMILES string of the molecule is CCc1ccccc1NC(=O)Nc1cccc(C)c1C. The highest BCUT2D eigenvalue weighted by atomic mass is 16.2. The summed E-state index contributed by atoms with van der Waals surface area (Å²) in [5.41, 5.74) is 5.08. The molecule has 0 aliphatic carbocycles. The highest BCUT2D eigenvalue weighted by Gasteiger charge is 2.07. The molecule has 0 heterocycles. The molecule has 0 aliphatic heterocycles. The first-order valence-electron chi connectivity index (χ1n) is 6.84. The molecule has 0 radical (unpaired) electrons. The predicted octanol–water partition coefficient (Wildman–Crippen LogP) is 4.51. The molecule has 0 unspecified atom stereocenters. The molecule has 2 aromatic rings. The molecule has 2 N–H and O–H groups in total. The fourth-order valence-electron chi connectivity index (χ4n) is 2.11. The smallest absolute Gasteiger partial charge is 0.307 e. The molecular weight excluding hydrogens is 248 g/mol. The number of benzene rings is 2. The van der Waals surface area contributed by atoms with Gasteiger partial charge in [0.05, 0.1) is 0 Å². The summed E-state index contributed by atoms with van der Waals surface area (Å²) < 4.78 is 0. The minimum atomic E-state index is -0.209. The normalized spacial score (nSPS) is 10.2. The average molecular weight is 268 g/mol. The molecule has 0 aliphatic rings. The second-order valence-electron chi connectivity index (χ2n) is 4.84. The molecule has 0 saturated heterocycles. The Hall–Kier alpha value is -2.29. The monoisotopic (exact) mass is 268 g/mol. The minimum absolute atomic E-state index is 0.209. The lowest BCUT2D eigenvalue weighted by atomic mass is 10.1. The van der Waals surface area contributed by atoms with Gasteiger partial charge in [0.1, 0.15) is 0 Å². The summed E-state index contributed by atoms with van der Waals surface area (Å²) in [7, 11) is 0. The lowest BCUT2D eigenvalue weighted by Gasteiger charge is -2.13. The van der Waals surface area contributed by atoms with Gasteiger partial charge in [0.25, 0.3) is 0 Å². The number of carbonyl (C=O) groups excluding carboxylic acids is 1. The van der Waals surface area contributed by atoms with Crippen LogP contribution in [0.2, 0.25) is 0 Å². The van der Waals surface area contributed by atoms with Crippen LogP contribution in [0.1, 0.15) is 23.6 Å². The van der Waals surface area contributed by atoms with Crippen molar-refractivity contribution in [1.29, 1.82) is 0 Å². The topological polar surface area (TPSA) is 41.1 Å². The van der Waals surface area contributed by atoms with Crippen molar-refractivity contribution >= 4 is 17.4 Å². The van der Waals surface area contributed by atoms with Crippen molar-refractivity contribution in [2.24, 2.45) is 0 Å². The number of rotatable bonds is 3. The molecule has 2 amide bonds. The first-order valence-corrected chi connectivity index (χ1v) is 6.84. The standard InChI is InChI=1S/C17H20N2O/c1-4-14-9-5-6-10-16(14)19-17(20)18-15-11-7-8-12(2)13(15)3/h5-11H,4H2,1-3H3,(H2,18,19,20). The van der Waals surface area contributed by atoms with Crippen LogP contribution < -0.4 is 10.6 Å². The molecule has 3 nitrogen and oxygen atoms in total. The Morgan fingerprint density at radius 3 is 2.35 bits per heavy atom. The van der Waals surface area contributed by atoms with Gasteiger partial charge in [-0.1, -0.05) is 37.3 Å². The van der Waals surface area contributed by atoms with E-state index in [1.165, 1.54) is 0 Å². The number of carbonyl (C=O) groups is 1. The van der Waals surface area contributed by atoms with Gasteiger partial charge in [-0.2, -0.15) is 0 Å². The molecule has 3 heteroatoms. The maximum absolute atomic E-state index is 12.1. The van der Waals surface area contributed by atoms with Crippen LogP contribution in [0.5, 0.6) is 0 Å². The number of anilines is 2. The van der Waals surface area contributed by atoms with Crippen molar-refractivity contribution in [3.63, 3.8) is 0 Å². The highest BCUT2D eigenvalue weighted by Crippen LogP contribution is 2.19. The zero-order valence-electron chi connectivity index (χ0n) is 12.2. The molecule has 2 rings (SSSR count). The Morgan fingerprint density at radius 1 is 0.950 bits per heavy atom. The van der Waals surface area contributed by atoms with Gasteiger partial charge in [0.15, 0.2) is 0 Å².